The minimum atomic E-state index is -0.858. The van der Waals surface area contributed by atoms with E-state index in [1.807, 2.05) is 47.8 Å². The number of carboxylic acid groups (broad SMARTS) is 1. The predicted molar refractivity (Wildman–Crippen MR) is 90.5 cm³/mol. The molecule has 1 aromatic carbocycles. The third kappa shape index (κ3) is 6.52. The van der Waals surface area contributed by atoms with Crippen LogP contribution in [-0.2, 0) is 17.8 Å². The number of carbonyl (C=O) groups is 2. The molecule has 1 aromatic heterocycles. The van der Waals surface area contributed by atoms with Crippen molar-refractivity contribution in [3.63, 3.8) is 0 Å². The summed E-state index contributed by atoms with van der Waals surface area (Å²) in [6.07, 6.45) is 1.04. The molecule has 0 aliphatic carbocycles. The van der Waals surface area contributed by atoms with Gasteiger partial charge in [-0.2, -0.15) is 0 Å². The summed E-state index contributed by atoms with van der Waals surface area (Å²) < 4.78 is 0. The van der Waals surface area contributed by atoms with Crippen LogP contribution in [0.15, 0.2) is 47.8 Å². The summed E-state index contributed by atoms with van der Waals surface area (Å²) in [5.41, 5.74) is 1.07. The van der Waals surface area contributed by atoms with Crippen LogP contribution in [0, 0.1) is 0 Å². The molecule has 5 nitrogen and oxygen atoms in total. The molecule has 0 radical (unpaired) electrons. The van der Waals surface area contributed by atoms with Gasteiger partial charge in [-0.15, -0.1) is 11.3 Å². The van der Waals surface area contributed by atoms with Crippen LogP contribution in [0.2, 0.25) is 0 Å². The van der Waals surface area contributed by atoms with Crippen molar-refractivity contribution in [2.24, 2.45) is 0 Å². The number of thiophene rings is 1. The summed E-state index contributed by atoms with van der Waals surface area (Å²) in [6.45, 7) is 0.473. The zero-order valence-corrected chi connectivity index (χ0v) is 13.5. The Bertz CT molecular complexity index is 614. The summed E-state index contributed by atoms with van der Waals surface area (Å²) in [5.74, 6) is -0.858. The number of benzene rings is 1. The SMILES string of the molecule is O=C(O)CCC(Cc1ccccc1)NC(=O)NCc1cccs1. The van der Waals surface area contributed by atoms with E-state index in [-0.39, 0.29) is 18.5 Å². The second kappa shape index (κ2) is 8.95. The molecule has 0 bridgehead atoms. The van der Waals surface area contributed by atoms with Gasteiger partial charge in [-0.3, -0.25) is 4.79 Å². The number of hydrogen-bond acceptors (Lipinski definition) is 3. The average molecular weight is 332 g/mol. The van der Waals surface area contributed by atoms with Crippen molar-refractivity contribution >= 4 is 23.3 Å². The van der Waals surface area contributed by atoms with Gasteiger partial charge in [-0.1, -0.05) is 36.4 Å². The highest BCUT2D eigenvalue weighted by Crippen LogP contribution is 2.09. The topological polar surface area (TPSA) is 78.4 Å². The normalized spacial score (nSPS) is 11.7. The standard InChI is InChI=1S/C17H20N2O3S/c20-16(21)9-8-14(11-13-5-2-1-3-6-13)19-17(22)18-12-15-7-4-10-23-15/h1-7,10,14H,8-9,11-12H2,(H,20,21)(H2,18,19,22). The zero-order valence-electron chi connectivity index (χ0n) is 12.7. The first-order chi connectivity index (χ1) is 11.1. The number of aliphatic carboxylic acids is 1. The van der Waals surface area contributed by atoms with Crippen LogP contribution in [0.3, 0.4) is 0 Å². The van der Waals surface area contributed by atoms with Crippen molar-refractivity contribution in [2.75, 3.05) is 0 Å². The van der Waals surface area contributed by atoms with Crippen molar-refractivity contribution in [3.8, 4) is 0 Å². The van der Waals surface area contributed by atoms with Crippen molar-refractivity contribution in [2.45, 2.75) is 31.8 Å². The maximum atomic E-state index is 12.0. The first-order valence-electron chi connectivity index (χ1n) is 7.46. The minimum absolute atomic E-state index is 0.0305. The van der Waals surface area contributed by atoms with Gasteiger partial charge in [0.15, 0.2) is 0 Å². The van der Waals surface area contributed by atoms with E-state index in [0.29, 0.717) is 19.4 Å². The van der Waals surface area contributed by atoms with Crippen LogP contribution in [0.5, 0.6) is 0 Å². The van der Waals surface area contributed by atoms with E-state index in [0.717, 1.165) is 10.4 Å². The largest absolute Gasteiger partial charge is 0.481 e. The summed E-state index contributed by atoms with van der Waals surface area (Å²) in [6, 6.07) is 13.1. The average Bonchev–Trinajstić information content (AvgIpc) is 3.05. The maximum Gasteiger partial charge on any atom is 0.315 e. The fourth-order valence-corrected chi connectivity index (χ4v) is 2.88. The Morgan fingerprint density at radius 2 is 1.91 bits per heavy atom. The summed E-state index contributed by atoms with van der Waals surface area (Å²) >= 11 is 1.58. The lowest BCUT2D eigenvalue weighted by Gasteiger charge is -2.18. The molecule has 122 valence electrons. The molecule has 2 rings (SSSR count). The van der Waals surface area contributed by atoms with Crippen LogP contribution < -0.4 is 10.6 Å². The van der Waals surface area contributed by atoms with Crippen LogP contribution in [0.1, 0.15) is 23.3 Å². The zero-order chi connectivity index (χ0) is 16.5. The van der Waals surface area contributed by atoms with E-state index in [9.17, 15) is 9.59 Å². The van der Waals surface area contributed by atoms with Crippen molar-refractivity contribution in [3.05, 3.63) is 58.3 Å². The fourth-order valence-electron chi connectivity index (χ4n) is 2.24. The third-order valence-corrected chi connectivity index (χ3v) is 4.25. The van der Waals surface area contributed by atoms with E-state index < -0.39 is 5.97 Å². The Morgan fingerprint density at radius 1 is 1.13 bits per heavy atom. The number of carbonyl (C=O) groups excluding carboxylic acids is 1. The molecule has 2 amide bonds. The number of hydrogen-bond donors (Lipinski definition) is 3. The van der Waals surface area contributed by atoms with Gasteiger partial charge in [-0.25, -0.2) is 4.79 Å². The van der Waals surface area contributed by atoms with Crippen LogP contribution in [0.25, 0.3) is 0 Å². The summed E-state index contributed by atoms with van der Waals surface area (Å²) in [5, 5.41) is 16.5. The number of urea groups is 1. The lowest BCUT2D eigenvalue weighted by molar-refractivity contribution is -0.137. The molecular weight excluding hydrogens is 312 g/mol. The van der Waals surface area contributed by atoms with Crippen molar-refractivity contribution in [1.29, 1.82) is 0 Å². The molecule has 0 aliphatic rings. The van der Waals surface area contributed by atoms with E-state index in [1.54, 1.807) is 11.3 Å². The van der Waals surface area contributed by atoms with Crippen LogP contribution in [-0.4, -0.2) is 23.1 Å². The summed E-state index contributed by atoms with van der Waals surface area (Å²) in [7, 11) is 0. The molecule has 0 fully saturated rings. The van der Waals surface area contributed by atoms with E-state index in [2.05, 4.69) is 10.6 Å². The van der Waals surface area contributed by atoms with Gasteiger partial charge < -0.3 is 15.7 Å². The van der Waals surface area contributed by atoms with Crippen LogP contribution >= 0.6 is 11.3 Å². The van der Waals surface area contributed by atoms with E-state index >= 15 is 0 Å². The number of carboxylic acids is 1. The Morgan fingerprint density at radius 3 is 2.57 bits per heavy atom. The van der Waals surface area contributed by atoms with Gasteiger partial charge in [0, 0.05) is 17.3 Å². The molecule has 1 heterocycles. The van der Waals surface area contributed by atoms with Crippen LogP contribution in [0.4, 0.5) is 4.79 Å². The van der Waals surface area contributed by atoms with Gasteiger partial charge in [0.1, 0.15) is 0 Å². The fraction of sp³-hybridized carbons (Fsp3) is 0.294. The van der Waals surface area contributed by atoms with Gasteiger partial charge in [0.2, 0.25) is 0 Å². The molecule has 3 N–H and O–H groups in total. The lowest BCUT2D eigenvalue weighted by atomic mass is 10.0. The number of amides is 2. The molecule has 1 atom stereocenters. The van der Waals surface area contributed by atoms with Gasteiger partial charge in [0.05, 0.1) is 6.54 Å². The Kier molecular flexibility index (Phi) is 6.62. The first-order valence-corrected chi connectivity index (χ1v) is 8.34. The third-order valence-electron chi connectivity index (χ3n) is 3.37. The second-order valence-electron chi connectivity index (χ2n) is 5.23. The highest BCUT2D eigenvalue weighted by Gasteiger charge is 2.14. The lowest BCUT2D eigenvalue weighted by Crippen LogP contribution is -2.43. The first kappa shape index (κ1) is 17.0. The molecule has 6 heteroatoms. The van der Waals surface area contributed by atoms with Crippen molar-refractivity contribution < 1.29 is 14.7 Å². The quantitative estimate of drug-likeness (QED) is 0.695. The second-order valence-corrected chi connectivity index (χ2v) is 6.26. The number of rotatable bonds is 8. The molecule has 0 spiro atoms. The molecule has 0 saturated carbocycles. The molecule has 1 unspecified atom stereocenters. The molecule has 0 saturated heterocycles. The molecule has 0 aliphatic heterocycles. The summed E-state index contributed by atoms with van der Waals surface area (Å²) in [4.78, 5) is 23.9. The number of nitrogens with one attached hydrogen (secondary N) is 2. The van der Waals surface area contributed by atoms with Crippen molar-refractivity contribution in [1.82, 2.24) is 10.6 Å². The minimum Gasteiger partial charge on any atom is -0.481 e. The highest BCUT2D eigenvalue weighted by atomic mass is 32.1. The van der Waals surface area contributed by atoms with E-state index in [1.165, 1.54) is 0 Å². The van der Waals surface area contributed by atoms with Gasteiger partial charge in [-0.05, 0) is 29.9 Å². The maximum absolute atomic E-state index is 12.0. The van der Waals surface area contributed by atoms with E-state index in [4.69, 9.17) is 5.11 Å². The Hall–Kier alpha value is -2.34. The van der Waals surface area contributed by atoms with Gasteiger partial charge >= 0.3 is 12.0 Å². The molecule has 2 aromatic rings. The highest BCUT2D eigenvalue weighted by molar-refractivity contribution is 7.09. The predicted octanol–water partition coefficient (Wildman–Crippen LogP) is 3.02. The smallest absolute Gasteiger partial charge is 0.315 e. The molecular formula is C17H20N2O3S. The Balaban J connectivity index is 1.87. The Labute approximate surface area is 139 Å². The van der Waals surface area contributed by atoms with Gasteiger partial charge in [0.25, 0.3) is 0 Å². The monoisotopic (exact) mass is 332 g/mol. The molecule has 23 heavy (non-hydrogen) atoms.